The van der Waals surface area contributed by atoms with Gasteiger partial charge in [-0.1, -0.05) is 32.0 Å². The Balaban J connectivity index is 2.60. The standard InChI is InChI=1S/C15H23FN2OS/c1-15(2,11-6-4-5-7-12(11)16)10-18-14(19)13(17)8-9-20-3/h4-7,13H,8-10,17H2,1-3H3,(H,18,19)/t13-/m0/s1. The van der Waals surface area contributed by atoms with E-state index >= 15 is 0 Å². The molecule has 0 aliphatic heterocycles. The van der Waals surface area contributed by atoms with Gasteiger partial charge in [-0.3, -0.25) is 4.79 Å². The molecule has 0 bridgehead atoms. The fourth-order valence-corrected chi connectivity index (χ4v) is 2.41. The largest absolute Gasteiger partial charge is 0.354 e. The Kier molecular flexibility index (Phi) is 6.49. The molecule has 3 nitrogen and oxygen atoms in total. The molecule has 5 heteroatoms. The molecule has 1 atom stereocenters. The van der Waals surface area contributed by atoms with E-state index in [1.807, 2.05) is 20.1 Å². The zero-order valence-corrected chi connectivity index (χ0v) is 13.1. The zero-order chi connectivity index (χ0) is 15.2. The van der Waals surface area contributed by atoms with Crippen LogP contribution < -0.4 is 11.1 Å². The van der Waals surface area contributed by atoms with Gasteiger partial charge in [0.05, 0.1) is 6.04 Å². The van der Waals surface area contributed by atoms with Gasteiger partial charge in [0.15, 0.2) is 0 Å². The van der Waals surface area contributed by atoms with E-state index in [-0.39, 0.29) is 11.7 Å². The predicted octanol–water partition coefficient (Wildman–Crippen LogP) is 2.30. The Bertz CT molecular complexity index is 451. The van der Waals surface area contributed by atoms with Gasteiger partial charge in [-0.25, -0.2) is 4.39 Å². The fourth-order valence-electron chi connectivity index (χ4n) is 1.92. The lowest BCUT2D eigenvalue weighted by molar-refractivity contribution is -0.122. The molecule has 1 aromatic rings. The molecule has 0 unspecified atom stereocenters. The Morgan fingerprint density at radius 3 is 2.70 bits per heavy atom. The van der Waals surface area contributed by atoms with Gasteiger partial charge in [0.1, 0.15) is 5.82 Å². The van der Waals surface area contributed by atoms with Crippen molar-refractivity contribution in [3.63, 3.8) is 0 Å². The number of hydrogen-bond donors (Lipinski definition) is 2. The lowest BCUT2D eigenvalue weighted by Crippen LogP contribution is -2.45. The highest BCUT2D eigenvalue weighted by Gasteiger charge is 2.25. The van der Waals surface area contributed by atoms with E-state index in [1.54, 1.807) is 30.0 Å². The second kappa shape index (κ2) is 7.64. The Hall–Kier alpha value is -1.07. The molecule has 3 N–H and O–H groups in total. The number of amides is 1. The summed E-state index contributed by atoms with van der Waals surface area (Å²) in [5.74, 6) is 0.424. The Morgan fingerprint density at radius 1 is 1.45 bits per heavy atom. The molecule has 0 saturated heterocycles. The molecule has 0 radical (unpaired) electrons. The minimum absolute atomic E-state index is 0.177. The van der Waals surface area contributed by atoms with Crippen molar-refractivity contribution < 1.29 is 9.18 Å². The summed E-state index contributed by atoms with van der Waals surface area (Å²) in [6, 6.07) is 6.13. The maximum atomic E-state index is 13.8. The SMILES string of the molecule is CSCC[C@H](N)C(=O)NCC(C)(C)c1ccccc1F. The molecule has 20 heavy (non-hydrogen) atoms. The monoisotopic (exact) mass is 298 g/mol. The van der Waals surface area contributed by atoms with E-state index in [0.29, 0.717) is 18.5 Å². The molecule has 0 spiro atoms. The zero-order valence-electron chi connectivity index (χ0n) is 12.3. The second-order valence-corrected chi connectivity index (χ2v) is 6.46. The van der Waals surface area contributed by atoms with Crippen LogP contribution in [-0.2, 0) is 10.2 Å². The van der Waals surface area contributed by atoms with E-state index < -0.39 is 11.5 Å². The molecule has 0 aliphatic rings. The van der Waals surface area contributed by atoms with E-state index in [4.69, 9.17) is 5.73 Å². The van der Waals surface area contributed by atoms with Gasteiger partial charge < -0.3 is 11.1 Å². The number of thioether (sulfide) groups is 1. The van der Waals surface area contributed by atoms with Crippen molar-refractivity contribution in [1.29, 1.82) is 0 Å². The summed E-state index contributed by atoms with van der Waals surface area (Å²) >= 11 is 1.66. The summed E-state index contributed by atoms with van der Waals surface area (Å²) in [6.07, 6.45) is 2.62. The number of nitrogens with one attached hydrogen (secondary N) is 1. The number of benzene rings is 1. The van der Waals surface area contributed by atoms with Crippen molar-refractivity contribution in [1.82, 2.24) is 5.32 Å². The average Bonchev–Trinajstić information content (AvgIpc) is 2.42. The summed E-state index contributed by atoms with van der Waals surface area (Å²) in [7, 11) is 0. The summed E-state index contributed by atoms with van der Waals surface area (Å²) in [6.45, 7) is 4.16. The van der Waals surface area contributed by atoms with Gasteiger partial charge in [0, 0.05) is 12.0 Å². The third-order valence-corrected chi connectivity index (χ3v) is 3.92. The molecular weight excluding hydrogens is 275 g/mol. The first kappa shape index (κ1) is 17.0. The number of nitrogens with two attached hydrogens (primary N) is 1. The van der Waals surface area contributed by atoms with Crippen LogP contribution in [0.25, 0.3) is 0 Å². The van der Waals surface area contributed by atoms with Crippen LogP contribution >= 0.6 is 11.8 Å². The second-order valence-electron chi connectivity index (χ2n) is 5.47. The van der Waals surface area contributed by atoms with Crippen molar-refractivity contribution in [2.24, 2.45) is 5.73 Å². The molecule has 0 fully saturated rings. The van der Waals surface area contributed by atoms with E-state index in [9.17, 15) is 9.18 Å². The van der Waals surface area contributed by atoms with Crippen molar-refractivity contribution in [3.05, 3.63) is 35.6 Å². The lowest BCUT2D eigenvalue weighted by Gasteiger charge is -2.26. The third kappa shape index (κ3) is 4.80. The summed E-state index contributed by atoms with van der Waals surface area (Å²) in [5.41, 5.74) is 5.93. The highest BCUT2D eigenvalue weighted by Crippen LogP contribution is 2.24. The van der Waals surface area contributed by atoms with E-state index in [0.717, 1.165) is 5.75 Å². The van der Waals surface area contributed by atoms with Crippen LogP contribution in [0, 0.1) is 5.82 Å². The molecule has 112 valence electrons. The number of hydrogen-bond acceptors (Lipinski definition) is 3. The van der Waals surface area contributed by atoms with Crippen molar-refractivity contribution in [3.8, 4) is 0 Å². The van der Waals surface area contributed by atoms with Gasteiger partial charge in [0.2, 0.25) is 5.91 Å². The number of carbonyl (C=O) groups is 1. The van der Waals surface area contributed by atoms with Crippen molar-refractivity contribution in [2.75, 3.05) is 18.6 Å². The molecule has 0 aromatic heterocycles. The highest BCUT2D eigenvalue weighted by atomic mass is 32.2. The fraction of sp³-hybridized carbons (Fsp3) is 0.533. The highest BCUT2D eigenvalue weighted by molar-refractivity contribution is 7.98. The maximum Gasteiger partial charge on any atom is 0.236 e. The van der Waals surface area contributed by atoms with Crippen LogP contribution in [0.3, 0.4) is 0 Å². The van der Waals surface area contributed by atoms with Crippen LogP contribution in [0.5, 0.6) is 0 Å². The quantitative estimate of drug-likeness (QED) is 0.812. The molecule has 1 amide bonds. The molecule has 0 heterocycles. The molecule has 1 aromatic carbocycles. The summed E-state index contributed by atoms with van der Waals surface area (Å²) in [4.78, 5) is 11.9. The number of rotatable bonds is 7. The van der Waals surface area contributed by atoms with Crippen molar-refractivity contribution in [2.45, 2.75) is 31.7 Å². The lowest BCUT2D eigenvalue weighted by atomic mass is 9.84. The van der Waals surface area contributed by atoms with Gasteiger partial charge in [-0.05, 0) is 30.1 Å². The smallest absolute Gasteiger partial charge is 0.236 e. The van der Waals surface area contributed by atoms with Gasteiger partial charge in [0.25, 0.3) is 0 Å². The van der Waals surface area contributed by atoms with Gasteiger partial charge >= 0.3 is 0 Å². The minimum Gasteiger partial charge on any atom is -0.354 e. The molecule has 0 saturated carbocycles. The first-order valence-corrected chi connectivity index (χ1v) is 8.05. The number of carbonyl (C=O) groups excluding carboxylic acids is 1. The first-order valence-electron chi connectivity index (χ1n) is 6.65. The normalized spacial score (nSPS) is 13.1. The Labute approximate surface area is 124 Å². The van der Waals surface area contributed by atoms with Crippen LogP contribution in [0.15, 0.2) is 24.3 Å². The third-order valence-electron chi connectivity index (χ3n) is 3.28. The topological polar surface area (TPSA) is 55.1 Å². The van der Waals surface area contributed by atoms with Crippen LogP contribution in [0.1, 0.15) is 25.8 Å². The predicted molar refractivity (Wildman–Crippen MR) is 83.4 cm³/mol. The minimum atomic E-state index is -0.501. The number of halogens is 1. The Morgan fingerprint density at radius 2 is 2.10 bits per heavy atom. The summed E-state index contributed by atoms with van der Waals surface area (Å²) in [5, 5.41) is 2.82. The maximum absolute atomic E-state index is 13.8. The molecular formula is C15H23FN2OS. The molecule has 1 rings (SSSR count). The van der Waals surface area contributed by atoms with Crippen LogP contribution in [0.2, 0.25) is 0 Å². The van der Waals surface area contributed by atoms with E-state index in [2.05, 4.69) is 5.32 Å². The van der Waals surface area contributed by atoms with Gasteiger partial charge in [-0.2, -0.15) is 11.8 Å². The van der Waals surface area contributed by atoms with Crippen LogP contribution in [-0.4, -0.2) is 30.5 Å². The van der Waals surface area contributed by atoms with Gasteiger partial charge in [-0.15, -0.1) is 0 Å². The van der Waals surface area contributed by atoms with E-state index in [1.165, 1.54) is 6.07 Å². The summed E-state index contributed by atoms with van der Waals surface area (Å²) < 4.78 is 13.8. The first-order chi connectivity index (χ1) is 9.38. The molecule has 0 aliphatic carbocycles. The van der Waals surface area contributed by atoms with Crippen LogP contribution in [0.4, 0.5) is 4.39 Å². The average molecular weight is 298 g/mol. The van der Waals surface area contributed by atoms with Crippen molar-refractivity contribution >= 4 is 17.7 Å².